The zero-order valence-electron chi connectivity index (χ0n) is 18.3. The molecule has 0 spiro atoms. The van der Waals surface area contributed by atoms with Crippen molar-refractivity contribution in [2.75, 3.05) is 23.4 Å². The van der Waals surface area contributed by atoms with E-state index in [1.165, 1.54) is 11.8 Å². The molecule has 0 saturated heterocycles. The lowest BCUT2D eigenvalue weighted by molar-refractivity contribution is -0.113. The average molecular weight is 468 g/mol. The van der Waals surface area contributed by atoms with E-state index in [0.29, 0.717) is 22.3 Å². The van der Waals surface area contributed by atoms with Crippen molar-refractivity contribution in [1.29, 1.82) is 0 Å². The number of fused-ring (bicyclic) bond motifs is 1. The minimum atomic E-state index is -0.157. The second kappa shape index (κ2) is 9.83. The second-order valence-electron chi connectivity index (χ2n) is 7.55. The molecule has 32 heavy (non-hydrogen) atoms. The zero-order valence-corrected chi connectivity index (χ0v) is 19.9. The number of amides is 1. The molecule has 8 heteroatoms. The summed E-state index contributed by atoms with van der Waals surface area (Å²) in [5.41, 5.74) is 4.40. The van der Waals surface area contributed by atoms with Crippen molar-refractivity contribution in [3.05, 3.63) is 69.6 Å². The molecule has 1 aromatic heterocycles. The SMILES string of the molecule is CCOc1ccc(NC(=O)CSc2nc3c(c(=O)n2-c2cc(C)cc(C)c2)SCC3)cc1. The van der Waals surface area contributed by atoms with E-state index in [0.717, 1.165) is 40.4 Å². The molecule has 1 aliphatic rings. The van der Waals surface area contributed by atoms with Crippen molar-refractivity contribution in [2.45, 2.75) is 37.2 Å². The molecule has 1 N–H and O–H groups in total. The van der Waals surface area contributed by atoms with Crippen LogP contribution in [0.15, 0.2) is 57.3 Å². The summed E-state index contributed by atoms with van der Waals surface area (Å²) in [5.74, 6) is 1.61. The fourth-order valence-corrected chi connectivity index (χ4v) is 5.48. The number of nitrogens with one attached hydrogen (secondary N) is 1. The van der Waals surface area contributed by atoms with E-state index in [-0.39, 0.29) is 17.2 Å². The van der Waals surface area contributed by atoms with Gasteiger partial charge in [0.1, 0.15) is 5.75 Å². The molecule has 2 heterocycles. The monoisotopic (exact) mass is 467 g/mol. The number of anilines is 1. The first-order valence-electron chi connectivity index (χ1n) is 10.5. The van der Waals surface area contributed by atoms with E-state index in [4.69, 9.17) is 9.72 Å². The van der Waals surface area contributed by atoms with Gasteiger partial charge in [-0.15, -0.1) is 11.8 Å². The molecule has 3 aromatic rings. The molecule has 0 atom stereocenters. The van der Waals surface area contributed by atoms with Crippen LogP contribution in [-0.2, 0) is 11.2 Å². The smallest absolute Gasteiger partial charge is 0.272 e. The Balaban J connectivity index is 1.57. The molecule has 0 aliphatic carbocycles. The molecular weight excluding hydrogens is 442 g/mol. The van der Waals surface area contributed by atoms with Crippen LogP contribution in [0.25, 0.3) is 5.69 Å². The number of nitrogens with zero attached hydrogens (tertiary/aromatic N) is 2. The summed E-state index contributed by atoms with van der Waals surface area (Å²) in [5, 5.41) is 3.44. The first kappa shape index (κ1) is 22.5. The van der Waals surface area contributed by atoms with Crippen LogP contribution in [0.1, 0.15) is 23.7 Å². The van der Waals surface area contributed by atoms with Crippen molar-refractivity contribution < 1.29 is 9.53 Å². The lowest BCUT2D eigenvalue weighted by Crippen LogP contribution is -2.25. The first-order valence-corrected chi connectivity index (χ1v) is 12.4. The van der Waals surface area contributed by atoms with Crippen molar-refractivity contribution in [2.24, 2.45) is 0 Å². The van der Waals surface area contributed by atoms with Crippen LogP contribution >= 0.6 is 23.5 Å². The van der Waals surface area contributed by atoms with Crippen LogP contribution in [0, 0.1) is 13.8 Å². The van der Waals surface area contributed by atoms with Crippen LogP contribution in [0.5, 0.6) is 5.75 Å². The van der Waals surface area contributed by atoms with E-state index in [1.807, 2.05) is 57.2 Å². The van der Waals surface area contributed by atoms with Crippen LogP contribution in [0.3, 0.4) is 0 Å². The van der Waals surface area contributed by atoms with Gasteiger partial charge in [-0.3, -0.25) is 14.2 Å². The molecule has 4 rings (SSSR count). The standard InChI is InChI=1S/C24H25N3O3S2/c1-4-30-19-7-5-17(6-8-19)25-21(28)14-32-24-26-20-9-10-31-22(20)23(29)27(24)18-12-15(2)11-16(3)13-18/h5-8,11-13H,4,9-10,14H2,1-3H3,(H,25,28). The van der Waals surface area contributed by atoms with Crippen LogP contribution in [0.4, 0.5) is 5.69 Å². The summed E-state index contributed by atoms with van der Waals surface area (Å²) >= 11 is 2.83. The van der Waals surface area contributed by atoms with Crippen LogP contribution in [0.2, 0.25) is 0 Å². The molecule has 0 radical (unpaired) electrons. The lowest BCUT2D eigenvalue weighted by Gasteiger charge is -2.15. The fourth-order valence-electron chi connectivity index (χ4n) is 3.62. The average Bonchev–Trinajstić information content (AvgIpc) is 3.22. The van der Waals surface area contributed by atoms with Gasteiger partial charge in [-0.2, -0.15) is 0 Å². The molecule has 0 saturated carbocycles. The lowest BCUT2D eigenvalue weighted by atomic mass is 10.1. The Bertz CT molecular complexity index is 1190. The first-order chi connectivity index (χ1) is 15.4. The summed E-state index contributed by atoms with van der Waals surface area (Å²) < 4.78 is 7.08. The Labute approximate surface area is 195 Å². The number of thioether (sulfide) groups is 2. The number of hydrogen-bond acceptors (Lipinski definition) is 6. The van der Waals surface area contributed by atoms with Gasteiger partial charge < -0.3 is 10.1 Å². The molecule has 1 amide bonds. The summed E-state index contributed by atoms with van der Waals surface area (Å²) in [6.07, 6.45) is 0.773. The minimum Gasteiger partial charge on any atom is -0.494 e. The Hall–Kier alpha value is -2.71. The number of rotatable bonds is 7. The summed E-state index contributed by atoms with van der Waals surface area (Å²) in [6, 6.07) is 13.3. The predicted octanol–water partition coefficient (Wildman–Crippen LogP) is 4.63. The van der Waals surface area contributed by atoms with Gasteiger partial charge in [0, 0.05) is 17.9 Å². The molecule has 0 unspecified atom stereocenters. The molecule has 2 aromatic carbocycles. The fraction of sp³-hybridized carbons (Fsp3) is 0.292. The van der Waals surface area contributed by atoms with Gasteiger partial charge in [0.25, 0.3) is 5.56 Å². The maximum Gasteiger partial charge on any atom is 0.272 e. The number of carbonyl (C=O) groups is 1. The molecular formula is C24H25N3O3S2. The summed E-state index contributed by atoms with van der Waals surface area (Å²) in [4.78, 5) is 31.4. The van der Waals surface area contributed by atoms with Crippen LogP contribution in [-0.4, -0.2) is 33.6 Å². The summed E-state index contributed by atoms with van der Waals surface area (Å²) in [6.45, 7) is 6.54. The predicted molar refractivity (Wildman–Crippen MR) is 131 cm³/mol. The highest BCUT2D eigenvalue weighted by molar-refractivity contribution is 8.00. The maximum atomic E-state index is 13.3. The number of ether oxygens (including phenoxy) is 1. The third-order valence-electron chi connectivity index (χ3n) is 4.91. The molecule has 0 fully saturated rings. The van der Waals surface area contributed by atoms with Gasteiger partial charge in [0.05, 0.1) is 28.6 Å². The maximum absolute atomic E-state index is 13.3. The van der Waals surface area contributed by atoms with Crippen molar-refractivity contribution in [3.8, 4) is 11.4 Å². The Morgan fingerprint density at radius 1 is 1.19 bits per heavy atom. The molecule has 0 bridgehead atoms. The zero-order chi connectivity index (χ0) is 22.7. The van der Waals surface area contributed by atoms with E-state index in [2.05, 4.69) is 11.4 Å². The van der Waals surface area contributed by atoms with E-state index >= 15 is 0 Å². The van der Waals surface area contributed by atoms with Gasteiger partial charge in [-0.1, -0.05) is 17.8 Å². The quantitative estimate of drug-likeness (QED) is 0.404. The third-order valence-corrected chi connectivity index (χ3v) is 6.96. The minimum absolute atomic E-state index is 0.0584. The second-order valence-corrected chi connectivity index (χ2v) is 9.60. The number of benzene rings is 2. The summed E-state index contributed by atoms with van der Waals surface area (Å²) in [7, 11) is 0. The molecule has 1 aliphatic heterocycles. The van der Waals surface area contributed by atoms with Crippen molar-refractivity contribution in [1.82, 2.24) is 9.55 Å². The normalized spacial score (nSPS) is 12.5. The van der Waals surface area contributed by atoms with Gasteiger partial charge in [-0.25, -0.2) is 4.98 Å². The number of aryl methyl sites for hydroxylation is 3. The Morgan fingerprint density at radius 3 is 2.59 bits per heavy atom. The van der Waals surface area contributed by atoms with Gasteiger partial charge in [0.2, 0.25) is 5.91 Å². The number of aromatic nitrogens is 2. The number of carbonyl (C=O) groups excluding carboxylic acids is 1. The third kappa shape index (κ3) is 5.02. The Kier molecular flexibility index (Phi) is 6.91. The highest BCUT2D eigenvalue weighted by Crippen LogP contribution is 2.30. The number of hydrogen-bond donors (Lipinski definition) is 1. The molecule has 6 nitrogen and oxygen atoms in total. The van der Waals surface area contributed by atoms with Gasteiger partial charge in [-0.05, 0) is 68.3 Å². The van der Waals surface area contributed by atoms with E-state index in [1.54, 1.807) is 16.3 Å². The highest BCUT2D eigenvalue weighted by Gasteiger charge is 2.23. The van der Waals surface area contributed by atoms with Gasteiger partial charge in [0.15, 0.2) is 5.16 Å². The topological polar surface area (TPSA) is 73.2 Å². The van der Waals surface area contributed by atoms with Crippen molar-refractivity contribution in [3.63, 3.8) is 0 Å². The van der Waals surface area contributed by atoms with Crippen LogP contribution < -0.4 is 15.6 Å². The van der Waals surface area contributed by atoms with E-state index < -0.39 is 0 Å². The molecule has 166 valence electrons. The van der Waals surface area contributed by atoms with Gasteiger partial charge >= 0.3 is 0 Å². The highest BCUT2D eigenvalue weighted by atomic mass is 32.2. The largest absolute Gasteiger partial charge is 0.494 e. The van der Waals surface area contributed by atoms with Crippen molar-refractivity contribution >= 4 is 35.1 Å². The van der Waals surface area contributed by atoms with E-state index in [9.17, 15) is 9.59 Å². The Morgan fingerprint density at radius 2 is 1.91 bits per heavy atom.